The Morgan fingerprint density at radius 2 is 2.17 bits per heavy atom. The number of hydrogen-bond donors (Lipinski definition) is 1. The molecule has 0 aliphatic carbocycles. The number of nitrogens with one attached hydrogen (secondary N) is 1. The lowest BCUT2D eigenvalue weighted by molar-refractivity contribution is 0.0948. The summed E-state index contributed by atoms with van der Waals surface area (Å²) in [4.78, 5) is 27.6. The maximum atomic E-state index is 11.8. The fraction of sp³-hybridized carbons (Fsp3) is 0.154. The predicted octanol–water partition coefficient (Wildman–Crippen LogP) is 0.710. The van der Waals surface area contributed by atoms with Gasteiger partial charge in [-0.05, 0) is 24.3 Å². The minimum Gasteiger partial charge on any atom is -0.346 e. The summed E-state index contributed by atoms with van der Waals surface area (Å²) >= 11 is 0. The molecule has 0 saturated carbocycles. The van der Waals surface area contributed by atoms with Gasteiger partial charge in [-0.2, -0.15) is 0 Å². The topological polar surface area (TPSA) is 64.0 Å². The standard InChI is InChI=1S/C13H13N3O2/c1-16-8-4-6-11(13(16)18)12(17)15-9-10-5-2-3-7-14-10/h2-8H,9H2,1H3,(H,15,17). The van der Waals surface area contributed by atoms with E-state index in [-0.39, 0.29) is 17.0 Å². The highest BCUT2D eigenvalue weighted by atomic mass is 16.2. The first-order valence-electron chi connectivity index (χ1n) is 5.52. The smallest absolute Gasteiger partial charge is 0.263 e. The molecule has 0 aromatic carbocycles. The van der Waals surface area contributed by atoms with E-state index in [1.54, 1.807) is 31.6 Å². The van der Waals surface area contributed by atoms with Crippen LogP contribution in [0.5, 0.6) is 0 Å². The van der Waals surface area contributed by atoms with Gasteiger partial charge in [-0.15, -0.1) is 0 Å². The number of carbonyl (C=O) groups is 1. The molecule has 0 atom stereocenters. The molecule has 0 saturated heterocycles. The van der Waals surface area contributed by atoms with Crippen LogP contribution in [0.15, 0.2) is 47.5 Å². The highest BCUT2D eigenvalue weighted by Crippen LogP contribution is 1.95. The first-order valence-corrected chi connectivity index (χ1v) is 5.52. The van der Waals surface area contributed by atoms with Gasteiger partial charge in [-0.1, -0.05) is 6.07 Å². The molecule has 0 spiro atoms. The van der Waals surface area contributed by atoms with Gasteiger partial charge in [-0.25, -0.2) is 0 Å². The molecular weight excluding hydrogens is 230 g/mol. The summed E-state index contributed by atoms with van der Waals surface area (Å²) in [5.74, 6) is -0.387. The summed E-state index contributed by atoms with van der Waals surface area (Å²) in [6.45, 7) is 0.303. The molecule has 2 rings (SSSR count). The van der Waals surface area contributed by atoms with Crippen molar-refractivity contribution in [2.24, 2.45) is 7.05 Å². The quantitative estimate of drug-likeness (QED) is 0.863. The summed E-state index contributed by atoms with van der Waals surface area (Å²) in [7, 11) is 1.61. The van der Waals surface area contributed by atoms with Crippen LogP contribution < -0.4 is 10.9 Å². The largest absolute Gasteiger partial charge is 0.346 e. The van der Waals surface area contributed by atoms with Crippen LogP contribution in [0.3, 0.4) is 0 Å². The van der Waals surface area contributed by atoms with E-state index in [0.29, 0.717) is 6.54 Å². The van der Waals surface area contributed by atoms with Crippen molar-refractivity contribution in [2.45, 2.75) is 6.54 Å². The lowest BCUT2D eigenvalue weighted by Gasteiger charge is -2.05. The van der Waals surface area contributed by atoms with Crippen LogP contribution in [0.1, 0.15) is 16.1 Å². The number of rotatable bonds is 3. The fourth-order valence-corrected chi connectivity index (χ4v) is 1.54. The summed E-state index contributed by atoms with van der Waals surface area (Å²) in [6.07, 6.45) is 3.26. The number of pyridine rings is 2. The second-order valence-corrected chi connectivity index (χ2v) is 3.84. The Morgan fingerprint density at radius 3 is 2.89 bits per heavy atom. The third kappa shape index (κ3) is 2.63. The molecule has 2 heterocycles. The monoisotopic (exact) mass is 243 g/mol. The Kier molecular flexibility index (Phi) is 3.52. The number of amides is 1. The second-order valence-electron chi connectivity index (χ2n) is 3.84. The van der Waals surface area contributed by atoms with E-state index in [1.165, 1.54) is 10.6 Å². The van der Waals surface area contributed by atoms with Crippen LogP contribution >= 0.6 is 0 Å². The van der Waals surface area contributed by atoms with Gasteiger partial charge in [0.2, 0.25) is 0 Å². The molecule has 0 radical (unpaired) electrons. The molecule has 1 N–H and O–H groups in total. The van der Waals surface area contributed by atoms with Crippen LogP contribution in [0.4, 0.5) is 0 Å². The molecule has 0 unspecified atom stereocenters. The lowest BCUT2D eigenvalue weighted by Crippen LogP contribution is -2.31. The minimum absolute atomic E-state index is 0.135. The molecule has 18 heavy (non-hydrogen) atoms. The van der Waals surface area contributed by atoms with Crippen molar-refractivity contribution in [3.05, 3.63) is 64.3 Å². The zero-order valence-electron chi connectivity index (χ0n) is 9.96. The van der Waals surface area contributed by atoms with Crippen molar-refractivity contribution in [3.63, 3.8) is 0 Å². The molecule has 5 heteroatoms. The van der Waals surface area contributed by atoms with Crippen molar-refractivity contribution in [3.8, 4) is 0 Å². The first kappa shape index (κ1) is 12.0. The molecule has 0 fully saturated rings. The average molecular weight is 243 g/mol. The van der Waals surface area contributed by atoms with Gasteiger partial charge >= 0.3 is 0 Å². The van der Waals surface area contributed by atoms with Crippen LogP contribution in [-0.4, -0.2) is 15.5 Å². The Morgan fingerprint density at radius 1 is 1.33 bits per heavy atom. The van der Waals surface area contributed by atoms with Gasteiger partial charge in [0.05, 0.1) is 12.2 Å². The molecule has 0 aliphatic rings. The zero-order valence-corrected chi connectivity index (χ0v) is 9.96. The highest BCUT2D eigenvalue weighted by Gasteiger charge is 2.10. The Hall–Kier alpha value is -2.43. The number of nitrogens with zero attached hydrogens (tertiary/aromatic N) is 2. The van der Waals surface area contributed by atoms with E-state index in [0.717, 1.165) is 5.69 Å². The highest BCUT2D eigenvalue weighted by molar-refractivity contribution is 5.93. The number of aromatic nitrogens is 2. The van der Waals surface area contributed by atoms with Crippen molar-refractivity contribution >= 4 is 5.91 Å². The second kappa shape index (κ2) is 5.27. The van der Waals surface area contributed by atoms with Crippen molar-refractivity contribution in [1.29, 1.82) is 0 Å². The molecule has 0 bridgehead atoms. The van der Waals surface area contributed by atoms with E-state index in [9.17, 15) is 9.59 Å². The summed E-state index contributed by atoms with van der Waals surface area (Å²) in [6, 6.07) is 8.63. The molecule has 92 valence electrons. The van der Waals surface area contributed by atoms with Crippen LogP contribution in [0.25, 0.3) is 0 Å². The van der Waals surface area contributed by atoms with E-state index in [2.05, 4.69) is 10.3 Å². The summed E-state index contributed by atoms with van der Waals surface area (Å²) in [5.41, 5.74) is 0.575. The maximum absolute atomic E-state index is 11.8. The Balaban J connectivity index is 2.09. The maximum Gasteiger partial charge on any atom is 0.263 e. The Labute approximate surface area is 104 Å². The van der Waals surface area contributed by atoms with Crippen molar-refractivity contribution < 1.29 is 4.79 Å². The van der Waals surface area contributed by atoms with Crippen molar-refractivity contribution in [2.75, 3.05) is 0 Å². The predicted molar refractivity (Wildman–Crippen MR) is 67.1 cm³/mol. The SMILES string of the molecule is Cn1cccc(C(=O)NCc2ccccn2)c1=O. The van der Waals surface area contributed by atoms with Gasteiger partial charge in [0.25, 0.3) is 11.5 Å². The normalized spacial score (nSPS) is 10.1. The third-order valence-electron chi connectivity index (χ3n) is 2.52. The van der Waals surface area contributed by atoms with Gasteiger partial charge in [-0.3, -0.25) is 14.6 Å². The molecule has 5 nitrogen and oxygen atoms in total. The van der Waals surface area contributed by atoms with E-state index in [1.807, 2.05) is 12.1 Å². The van der Waals surface area contributed by atoms with Gasteiger partial charge in [0.15, 0.2) is 0 Å². The first-order chi connectivity index (χ1) is 8.68. The average Bonchev–Trinajstić information content (AvgIpc) is 2.40. The number of carbonyl (C=O) groups excluding carboxylic acids is 1. The zero-order chi connectivity index (χ0) is 13.0. The molecule has 0 aliphatic heterocycles. The third-order valence-corrected chi connectivity index (χ3v) is 2.52. The van der Waals surface area contributed by atoms with Crippen LogP contribution in [-0.2, 0) is 13.6 Å². The van der Waals surface area contributed by atoms with Gasteiger partial charge < -0.3 is 9.88 Å². The molecule has 2 aromatic rings. The lowest BCUT2D eigenvalue weighted by atomic mass is 10.2. The van der Waals surface area contributed by atoms with Crippen LogP contribution in [0.2, 0.25) is 0 Å². The van der Waals surface area contributed by atoms with Crippen molar-refractivity contribution in [1.82, 2.24) is 14.9 Å². The Bertz CT molecular complexity index is 605. The van der Waals surface area contributed by atoms with E-state index >= 15 is 0 Å². The summed E-state index contributed by atoms with van der Waals surface area (Å²) < 4.78 is 1.37. The molecular formula is C13H13N3O2. The van der Waals surface area contributed by atoms with E-state index in [4.69, 9.17) is 0 Å². The number of aryl methyl sites for hydroxylation is 1. The molecule has 1 amide bonds. The number of hydrogen-bond acceptors (Lipinski definition) is 3. The molecule has 2 aromatic heterocycles. The van der Waals surface area contributed by atoms with Gasteiger partial charge in [0.1, 0.15) is 5.56 Å². The fourth-order valence-electron chi connectivity index (χ4n) is 1.54. The van der Waals surface area contributed by atoms with Crippen LogP contribution in [0, 0.1) is 0 Å². The van der Waals surface area contributed by atoms with E-state index < -0.39 is 0 Å². The minimum atomic E-state index is -0.387. The van der Waals surface area contributed by atoms with Gasteiger partial charge in [0, 0.05) is 19.4 Å². The summed E-state index contributed by atoms with van der Waals surface area (Å²) in [5, 5.41) is 2.67.